The Morgan fingerprint density at radius 3 is 1.45 bits per heavy atom. The molecule has 322 valence electrons. The van der Waals surface area contributed by atoms with E-state index in [-0.39, 0.29) is 32.0 Å². The summed E-state index contributed by atoms with van der Waals surface area (Å²) < 4.78 is 34.3. The number of phosphoric ester groups is 1. The van der Waals surface area contributed by atoms with Gasteiger partial charge in [0.1, 0.15) is 19.8 Å². The number of carbonyl (C=O) groups excluding carboxylic acids is 2. The van der Waals surface area contributed by atoms with Crippen molar-refractivity contribution < 1.29 is 42.1 Å². The topological polar surface area (TPSA) is 108 Å². The number of allylic oxidation sites excluding steroid dienone is 6. The normalized spacial score (nSPS) is 13.9. The zero-order valence-corrected chi connectivity index (χ0v) is 37.1. The molecule has 0 aliphatic rings. The monoisotopic (exact) mass is 799 g/mol. The van der Waals surface area contributed by atoms with Crippen LogP contribution < -0.4 is 0 Å². The van der Waals surface area contributed by atoms with Crippen LogP contribution in [0.5, 0.6) is 0 Å². The van der Waals surface area contributed by atoms with Gasteiger partial charge in [0.15, 0.2) is 6.10 Å². The van der Waals surface area contributed by atoms with Gasteiger partial charge in [-0.05, 0) is 70.6 Å². The second-order valence-electron chi connectivity index (χ2n) is 16.1. The smallest absolute Gasteiger partial charge is 0.462 e. The zero-order valence-electron chi connectivity index (χ0n) is 36.2. The number of hydrogen-bond acceptors (Lipinski definition) is 7. The Labute approximate surface area is 338 Å². The number of ether oxygens (including phenoxy) is 2. The van der Waals surface area contributed by atoms with Gasteiger partial charge in [-0.2, -0.15) is 0 Å². The minimum Gasteiger partial charge on any atom is -0.462 e. The predicted molar refractivity (Wildman–Crippen MR) is 229 cm³/mol. The molecule has 0 heterocycles. The van der Waals surface area contributed by atoms with Crippen LogP contribution in [0.3, 0.4) is 0 Å². The van der Waals surface area contributed by atoms with E-state index in [4.69, 9.17) is 18.5 Å². The third kappa shape index (κ3) is 41.7. The molecule has 0 saturated heterocycles. The number of unbranched alkanes of at least 4 members (excludes halogenated alkanes) is 20. The number of hydrogen-bond donors (Lipinski definition) is 1. The van der Waals surface area contributed by atoms with Crippen LogP contribution in [0.15, 0.2) is 36.5 Å². The summed E-state index contributed by atoms with van der Waals surface area (Å²) in [5.74, 6) is -0.813. The van der Waals surface area contributed by atoms with Crippen molar-refractivity contribution >= 4 is 19.8 Å². The van der Waals surface area contributed by atoms with Crippen molar-refractivity contribution in [3.8, 4) is 0 Å². The first-order valence-electron chi connectivity index (χ1n) is 22.2. The molecule has 2 atom stereocenters. The molecule has 55 heavy (non-hydrogen) atoms. The van der Waals surface area contributed by atoms with Crippen molar-refractivity contribution in [3.05, 3.63) is 36.5 Å². The summed E-state index contributed by atoms with van der Waals surface area (Å²) in [6.45, 7) is 4.36. The first-order chi connectivity index (χ1) is 26.5. The van der Waals surface area contributed by atoms with Gasteiger partial charge in [-0.3, -0.25) is 18.6 Å². The fourth-order valence-electron chi connectivity index (χ4n) is 5.86. The fourth-order valence-corrected chi connectivity index (χ4v) is 6.60. The summed E-state index contributed by atoms with van der Waals surface area (Å²) in [4.78, 5) is 35.3. The summed E-state index contributed by atoms with van der Waals surface area (Å²) in [5.41, 5.74) is 0. The Hall–Kier alpha value is -1.77. The molecule has 10 heteroatoms. The second-order valence-corrected chi connectivity index (χ2v) is 17.5. The van der Waals surface area contributed by atoms with Crippen LogP contribution in [0.4, 0.5) is 0 Å². The van der Waals surface area contributed by atoms with Crippen LogP contribution in [0, 0.1) is 0 Å². The lowest BCUT2D eigenvalue weighted by atomic mass is 10.1. The Kier molecular flexibility index (Phi) is 36.6. The third-order valence-electron chi connectivity index (χ3n) is 9.39. The number of quaternary nitrogens is 1. The van der Waals surface area contributed by atoms with Gasteiger partial charge >= 0.3 is 19.8 Å². The Morgan fingerprint density at radius 1 is 0.564 bits per heavy atom. The fraction of sp³-hybridized carbons (Fsp3) is 0.822. The van der Waals surface area contributed by atoms with E-state index in [1.54, 1.807) is 0 Å². The van der Waals surface area contributed by atoms with Gasteiger partial charge < -0.3 is 18.9 Å². The van der Waals surface area contributed by atoms with E-state index in [1.807, 2.05) is 21.1 Å². The molecule has 0 aliphatic heterocycles. The number of likely N-dealkylation sites (N-methyl/N-ethyl adjacent to an activating group) is 1. The highest BCUT2D eigenvalue weighted by Gasteiger charge is 2.27. The minimum absolute atomic E-state index is 0.0293. The molecule has 0 aromatic heterocycles. The maximum Gasteiger partial charge on any atom is 0.472 e. The molecular formula is C45H85NO8P+. The lowest BCUT2D eigenvalue weighted by molar-refractivity contribution is -0.870. The molecule has 1 N–H and O–H groups in total. The zero-order chi connectivity index (χ0) is 40.7. The van der Waals surface area contributed by atoms with Gasteiger partial charge in [0.25, 0.3) is 0 Å². The number of rotatable bonds is 40. The molecule has 0 radical (unpaired) electrons. The molecule has 0 spiro atoms. The molecule has 0 amide bonds. The van der Waals surface area contributed by atoms with Crippen LogP contribution in [0.25, 0.3) is 0 Å². The molecule has 0 rings (SSSR count). The van der Waals surface area contributed by atoms with E-state index in [1.165, 1.54) is 89.9 Å². The molecule has 9 nitrogen and oxygen atoms in total. The molecule has 0 saturated carbocycles. The average molecular weight is 799 g/mol. The van der Waals surface area contributed by atoms with Gasteiger partial charge in [0.05, 0.1) is 27.7 Å². The van der Waals surface area contributed by atoms with Gasteiger partial charge in [0, 0.05) is 12.8 Å². The average Bonchev–Trinajstić information content (AvgIpc) is 3.13. The van der Waals surface area contributed by atoms with Crippen LogP contribution in [0.1, 0.15) is 187 Å². The number of phosphoric acid groups is 1. The van der Waals surface area contributed by atoms with E-state index in [2.05, 4.69) is 50.3 Å². The number of esters is 2. The summed E-state index contributed by atoms with van der Waals surface area (Å²) >= 11 is 0. The van der Waals surface area contributed by atoms with Crippen LogP contribution >= 0.6 is 7.82 Å². The molecule has 0 aliphatic carbocycles. The highest BCUT2D eigenvalue weighted by atomic mass is 31.2. The molecule has 0 bridgehead atoms. The van der Waals surface area contributed by atoms with E-state index in [0.717, 1.165) is 64.2 Å². The third-order valence-corrected chi connectivity index (χ3v) is 10.4. The molecule has 1 unspecified atom stereocenters. The van der Waals surface area contributed by atoms with E-state index >= 15 is 0 Å². The molecule has 0 fully saturated rings. The van der Waals surface area contributed by atoms with Crippen LogP contribution in [-0.2, 0) is 32.7 Å². The lowest BCUT2D eigenvalue weighted by Crippen LogP contribution is -2.37. The number of nitrogens with zero attached hydrogens (tertiary/aromatic N) is 1. The van der Waals surface area contributed by atoms with Gasteiger partial charge in [-0.15, -0.1) is 0 Å². The summed E-state index contributed by atoms with van der Waals surface area (Å²) in [6.07, 6.45) is 41.9. The van der Waals surface area contributed by atoms with Gasteiger partial charge in [-0.25, -0.2) is 4.57 Å². The maximum absolute atomic E-state index is 12.7. The molecule has 0 aromatic carbocycles. The highest BCUT2D eigenvalue weighted by Crippen LogP contribution is 2.43. The first kappa shape index (κ1) is 53.2. The van der Waals surface area contributed by atoms with E-state index in [0.29, 0.717) is 17.4 Å². The Bertz CT molecular complexity index is 1040. The van der Waals surface area contributed by atoms with Crippen molar-refractivity contribution in [1.82, 2.24) is 0 Å². The van der Waals surface area contributed by atoms with Gasteiger partial charge in [0.2, 0.25) is 0 Å². The summed E-state index contributed by atoms with van der Waals surface area (Å²) in [5, 5.41) is 0. The highest BCUT2D eigenvalue weighted by molar-refractivity contribution is 7.47. The second kappa shape index (κ2) is 37.8. The van der Waals surface area contributed by atoms with E-state index < -0.39 is 26.5 Å². The standard InChI is InChI=1S/C45H84NO8P/c1-6-8-10-12-14-16-18-20-21-22-23-24-25-26-28-29-31-33-35-37-44(47)51-41-43(42-53-55(49,50)52-40-39-46(3,4)5)54-45(48)38-36-34-32-30-27-19-17-15-13-11-9-7-2/h14-17,20-21,43H,6-13,18-19,22-42H2,1-5H3/p+1/b16-14-,17-15-,21-20-/t43-/m1/s1. The predicted octanol–water partition coefficient (Wildman–Crippen LogP) is 12.5. The largest absolute Gasteiger partial charge is 0.472 e. The summed E-state index contributed by atoms with van der Waals surface area (Å²) in [6, 6.07) is 0. The van der Waals surface area contributed by atoms with Crippen molar-refractivity contribution in [2.24, 2.45) is 0 Å². The Morgan fingerprint density at radius 2 is 0.982 bits per heavy atom. The minimum atomic E-state index is -4.37. The number of carbonyl (C=O) groups is 2. The lowest BCUT2D eigenvalue weighted by Gasteiger charge is -2.24. The van der Waals surface area contributed by atoms with Crippen molar-refractivity contribution in [2.45, 2.75) is 193 Å². The molecular weight excluding hydrogens is 713 g/mol. The van der Waals surface area contributed by atoms with Crippen LogP contribution in [-0.4, -0.2) is 74.9 Å². The SMILES string of the molecule is CCCCC/C=C\C/C=C\CCCCCCCCCCCC(=O)OC[C@H](COP(=O)(O)OCC[N+](C)(C)C)OC(=O)CCCCCCC/C=C\CCCCC. The summed E-state index contributed by atoms with van der Waals surface area (Å²) in [7, 11) is 1.47. The van der Waals surface area contributed by atoms with Crippen molar-refractivity contribution in [3.63, 3.8) is 0 Å². The van der Waals surface area contributed by atoms with Gasteiger partial charge in [-0.1, -0.05) is 140 Å². The van der Waals surface area contributed by atoms with E-state index in [9.17, 15) is 19.0 Å². The molecule has 0 aromatic rings. The van der Waals surface area contributed by atoms with Crippen molar-refractivity contribution in [2.75, 3.05) is 47.5 Å². The first-order valence-corrected chi connectivity index (χ1v) is 23.7. The maximum atomic E-state index is 12.7. The van der Waals surface area contributed by atoms with Crippen molar-refractivity contribution in [1.29, 1.82) is 0 Å². The Balaban J connectivity index is 4.31. The quantitative estimate of drug-likeness (QED) is 0.0215. The van der Waals surface area contributed by atoms with Crippen LogP contribution in [0.2, 0.25) is 0 Å².